The number of benzene rings is 1. The van der Waals surface area contributed by atoms with Crippen molar-refractivity contribution in [1.82, 2.24) is 4.98 Å². The number of rotatable bonds is 3. The Morgan fingerprint density at radius 1 is 1.26 bits per heavy atom. The molecule has 3 N–H and O–H groups in total. The van der Waals surface area contributed by atoms with Crippen LogP contribution in [0.5, 0.6) is 0 Å². The van der Waals surface area contributed by atoms with E-state index in [1.807, 2.05) is 0 Å². The van der Waals surface area contributed by atoms with Crippen molar-refractivity contribution in [2.75, 3.05) is 5.32 Å². The van der Waals surface area contributed by atoms with Gasteiger partial charge in [-0.05, 0) is 24.3 Å². The molecule has 7 heteroatoms. The predicted octanol–water partition coefficient (Wildman–Crippen LogP) is 3.91. The molecule has 0 atom stereocenters. The highest BCUT2D eigenvalue weighted by atomic mass is 35.5. The fourth-order valence-electron chi connectivity index (χ4n) is 1.44. The van der Waals surface area contributed by atoms with Gasteiger partial charge in [-0.15, -0.1) is 0 Å². The number of pyridine rings is 1. The van der Waals surface area contributed by atoms with E-state index in [9.17, 15) is 4.39 Å². The Hall–Kier alpha value is -1.43. The monoisotopic (exact) mass is 315 g/mol. The first-order valence-corrected chi connectivity index (χ1v) is 6.31. The summed E-state index contributed by atoms with van der Waals surface area (Å²) in [4.78, 5) is 4.34. The smallest absolute Gasteiger partial charge is 0.131 e. The topological polar surface area (TPSA) is 50.9 Å². The minimum absolute atomic E-state index is 0.160. The maximum atomic E-state index is 13.1. The van der Waals surface area contributed by atoms with Gasteiger partial charge in [0.05, 0.1) is 15.7 Å². The average molecular weight is 316 g/mol. The van der Waals surface area contributed by atoms with Crippen molar-refractivity contribution in [1.29, 1.82) is 0 Å². The second-order valence-electron chi connectivity index (χ2n) is 3.66. The zero-order chi connectivity index (χ0) is 14.0. The second-order valence-corrected chi connectivity index (χ2v) is 4.92. The highest BCUT2D eigenvalue weighted by molar-refractivity contribution is 7.80. The normalized spacial score (nSPS) is 10.3. The van der Waals surface area contributed by atoms with Crippen molar-refractivity contribution in [2.24, 2.45) is 5.73 Å². The molecule has 0 bridgehead atoms. The first kappa shape index (κ1) is 14.0. The summed E-state index contributed by atoms with van der Waals surface area (Å²) in [6, 6.07) is 5.65. The molecule has 1 aromatic heterocycles. The van der Waals surface area contributed by atoms with Crippen LogP contribution in [-0.4, -0.2) is 9.97 Å². The largest absolute Gasteiger partial charge is 0.389 e. The lowest BCUT2D eigenvalue weighted by molar-refractivity contribution is 0.628. The van der Waals surface area contributed by atoms with Crippen molar-refractivity contribution in [3.8, 4) is 0 Å². The number of aromatic nitrogens is 1. The van der Waals surface area contributed by atoms with Gasteiger partial charge in [-0.1, -0.05) is 35.4 Å². The molecular formula is C12H8Cl2FN3S. The molecule has 0 fully saturated rings. The predicted molar refractivity (Wildman–Crippen MR) is 79.8 cm³/mol. The third-order valence-corrected chi connectivity index (χ3v) is 3.14. The van der Waals surface area contributed by atoms with Crippen LogP contribution in [0.1, 0.15) is 5.56 Å². The summed E-state index contributed by atoms with van der Waals surface area (Å²) in [5, 5.41) is 3.23. The van der Waals surface area contributed by atoms with E-state index >= 15 is 0 Å². The summed E-state index contributed by atoms with van der Waals surface area (Å²) in [7, 11) is 0. The number of halogens is 3. The van der Waals surface area contributed by atoms with Crippen molar-refractivity contribution >= 4 is 51.9 Å². The molecular weight excluding hydrogens is 308 g/mol. The standard InChI is InChI=1S/C12H8Cl2FN3S/c13-8-4-7(15)5-9(14)11(8)18-10-3-6(12(16)19)1-2-17-10/h1-5H,(H2,16,19)(H,17,18). The van der Waals surface area contributed by atoms with Gasteiger partial charge in [-0.2, -0.15) is 0 Å². The zero-order valence-electron chi connectivity index (χ0n) is 9.45. The zero-order valence-corrected chi connectivity index (χ0v) is 11.8. The van der Waals surface area contributed by atoms with Crippen molar-refractivity contribution in [3.05, 3.63) is 51.9 Å². The van der Waals surface area contributed by atoms with E-state index in [0.29, 0.717) is 17.1 Å². The highest BCUT2D eigenvalue weighted by Gasteiger charge is 2.10. The number of hydrogen-bond donors (Lipinski definition) is 2. The van der Waals surface area contributed by atoms with Crippen LogP contribution in [0.25, 0.3) is 0 Å². The van der Waals surface area contributed by atoms with Gasteiger partial charge in [0, 0.05) is 11.8 Å². The van der Waals surface area contributed by atoms with E-state index in [0.717, 1.165) is 12.1 Å². The summed E-state index contributed by atoms with van der Waals surface area (Å²) in [5.41, 5.74) is 6.56. The summed E-state index contributed by atoms with van der Waals surface area (Å²) in [6.07, 6.45) is 1.54. The fraction of sp³-hybridized carbons (Fsp3) is 0. The van der Waals surface area contributed by atoms with Crippen LogP contribution in [0.15, 0.2) is 30.5 Å². The molecule has 2 aromatic rings. The van der Waals surface area contributed by atoms with E-state index in [2.05, 4.69) is 10.3 Å². The molecule has 0 spiro atoms. The first-order valence-electron chi connectivity index (χ1n) is 5.15. The van der Waals surface area contributed by atoms with Crippen LogP contribution in [0.4, 0.5) is 15.9 Å². The summed E-state index contributed by atoms with van der Waals surface area (Å²) < 4.78 is 13.1. The Morgan fingerprint density at radius 3 is 2.47 bits per heavy atom. The molecule has 0 amide bonds. The number of nitrogens with two attached hydrogens (primary N) is 1. The van der Waals surface area contributed by atoms with Crippen molar-refractivity contribution < 1.29 is 4.39 Å². The molecule has 0 aliphatic heterocycles. The van der Waals surface area contributed by atoms with Gasteiger partial charge in [-0.3, -0.25) is 0 Å². The second kappa shape index (κ2) is 5.69. The number of anilines is 2. The molecule has 98 valence electrons. The molecule has 0 aliphatic rings. The van der Waals surface area contributed by atoms with Gasteiger partial charge in [-0.25, -0.2) is 9.37 Å². The van der Waals surface area contributed by atoms with Gasteiger partial charge in [0.25, 0.3) is 0 Å². The molecule has 0 saturated carbocycles. The van der Waals surface area contributed by atoms with E-state index < -0.39 is 5.82 Å². The molecule has 2 rings (SSSR count). The van der Waals surface area contributed by atoms with Crippen LogP contribution in [0.3, 0.4) is 0 Å². The Bertz CT molecular complexity index is 626. The SMILES string of the molecule is NC(=S)c1ccnc(Nc2c(Cl)cc(F)cc2Cl)c1. The minimum Gasteiger partial charge on any atom is -0.389 e. The number of nitrogens with one attached hydrogen (secondary N) is 1. The summed E-state index contributed by atoms with van der Waals surface area (Å²) in [5.74, 6) is -0.0499. The molecule has 1 aromatic carbocycles. The quantitative estimate of drug-likeness (QED) is 0.843. The average Bonchev–Trinajstić information content (AvgIpc) is 2.34. The van der Waals surface area contributed by atoms with Crippen LogP contribution < -0.4 is 11.1 Å². The molecule has 1 heterocycles. The van der Waals surface area contributed by atoms with Crippen LogP contribution in [0, 0.1) is 5.82 Å². The van der Waals surface area contributed by atoms with Crippen LogP contribution >= 0.6 is 35.4 Å². The van der Waals surface area contributed by atoms with E-state index in [-0.39, 0.29) is 15.0 Å². The third kappa shape index (κ3) is 3.32. The van der Waals surface area contributed by atoms with Gasteiger partial charge < -0.3 is 11.1 Å². The van der Waals surface area contributed by atoms with Crippen LogP contribution in [0.2, 0.25) is 10.0 Å². The Labute approximate surface area is 124 Å². The minimum atomic E-state index is -0.509. The lowest BCUT2D eigenvalue weighted by Crippen LogP contribution is -2.10. The molecule has 19 heavy (non-hydrogen) atoms. The highest BCUT2D eigenvalue weighted by Crippen LogP contribution is 2.33. The molecule has 0 aliphatic carbocycles. The van der Waals surface area contributed by atoms with E-state index in [1.54, 1.807) is 18.3 Å². The summed E-state index contributed by atoms with van der Waals surface area (Å²) in [6.45, 7) is 0. The van der Waals surface area contributed by atoms with Crippen molar-refractivity contribution in [3.63, 3.8) is 0 Å². The molecule has 0 saturated heterocycles. The maximum Gasteiger partial charge on any atom is 0.131 e. The molecule has 0 radical (unpaired) electrons. The Morgan fingerprint density at radius 2 is 1.89 bits per heavy atom. The van der Waals surface area contributed by atoms with Gasteiger partial charge in [0.15, 0.2) is 0 Å². The number of nitrogens with zero attached hydrogens (tertiary/aromatic N) is 1. The first-order chi connectivity index (χ1) is 8.97. The van der Waals surface area contributed by atoms with E-state index in [1.165, 1.54) is 0 Å². The molecule has 3 nitrogen and oxygen atoms in total. The lowest BCUT2D eigenvalue weighted by Gasteiger charge is -2.10. The summed E-state index contributed by atoms with van der Waals surface area (Å²) >= 11 is 16.7. The van der Waals surface area contributed by atoms with Gasteiger partial charge in [0.1, 0.15) is 16.6 Å². The third-order valence-electron chi connectivity index (χ3n) is 2.30. The maximum absolute atomic E-state index is 13.1. The van der Waals surface area contributed by atoms with Crippen LogP contribution in [-0.2, 0) is 0 Å². The Balaban J connectivity index is 2.36. The Kier molecular flexibility index (Phi) is 4.19. The van der Waals surface area contributed by atoms with E-state index in [4.69, 9.17) is 41.2 Å². The fourth-order valence-corrected chi connectivity index (χ4v) is 2.12. The molecule has 0 unspecified atom stereocenters. The van der Waals surface area contributed by atoms with Crippen molar-refractivity contribution in [2.45, 2.75) is 0 Å². The van der Waals surface area contributed by atoms with Gasteiger partial charge >= 0.3 is 0 Å². The van der Waals surface area contributed by atoms with Gasteiger partial charge in [0.2, 0.25) is 0 Å². The number of thiocarbonyl (C=S) groups is 1. The number of hydrogen-bond acceptors (Lipinski definition) is 3. The lowest BCUT2D eigenvalue weighted by atomic mass is 10.2.